The second-order valence-electron chi connectivity index (χ2n) is 8.36. The molecule has 1 aliphatic rings. The van der Waals surface area contributed by atoms with Crippen molar-refractivity contribution in [3.8, 4) is 12.3 Å². The number of hydrogen-bond donors (Lipinski definition) is 4. The molecule has 2 amide bonds. The number of amidine groups is 1. The summed E-state index contributed by atoms with van der Waals surface area (Å²) in [6, 6.07) is 8.94. The molecule has 1 aromatic heterocycles. The van der Waals surface area contributed by atoms with E-state index in [0.717, 1.165) is 16.8 Å². The van der Waals surface area contributed by atoms with Crippen molar-refractivity contribution in [1.82, 2.24) is 20.2 Å². The van der Waals surface area contributed by atoms with Crippen LogP contribution in [0.2, 0.25) is 0 Å². The molecule has 0 saturated carbocycles. The number of hydrogen-bond acceptors (Lipinski definition) is 6. The van der Waals surface area contributed by atoms with Crippen LogP contribution in [-0.4, -0.2) is 67.2 Å². The number of terminal acetylenes is 1. The van der Waals surface area contributed by atoms with Crippen LogP contribution < -0.4 is 21.8 Å². The van der Waals surface area contributed by atoms with Crippen molar-refractivity contribution < 1.29 is 14.3 Å². The van der Waals surface area contributed by atoms with E-state index in [-0.39, 0.29) is 18.6 Å². The second kappa shape index (κ2) is 12.5. The summed E-state index contributed by atoms with van der Waals surface area (Å²) in [5.41, 5.74) is 12.6. The standard InChI is InChI=1S/C26H33N7O3/c1-5-14-36-26(35)31-22-11-12-32(17-21(22)25(34)28-3)16-19-10-13-33(29-4)23(19)24(27)30-20-9-7-8-18(6-2)15-20/h2,5,7-10,13,15,21-22,29H,1,11-12,14,16-17H2,3-4H3,(H2,27,30)(H,28,34)(H,31,35). The van der Waals surface area contributed by atoms with Crippen LogP contribution in [-0.2, 0) is 16.1 Å². The first-order chi connectivity index (χ1) is 17.4. The van der Waals surface area contributed by atoms with E-state index in [1.807, 2.05) is 30.5 Å². The number of likely N-dealkylation sites (tertiary alicyclic amines) is 1. The van der Waals surface area contributed by atoms with Gasteiger partial charge in [0.1, 0.15) is 18.1 Å². The fourth-order valence-corrected chi connectivity index (χ4v) is 4.29. The molecule has 10 nitrogen and oxygen atoms in total. The second-order valence-corrected chi connectivity index (χ2v) is 8.36. The van der Waals surface area contributed by atoms with Gasteiger partial charge in [0, 0.05) is 51.5 Å². The van der Waals surface area contributed by atoms with Crippen LogP contribution in [0.3, 0.4) is 0 Å². The van der Waals surface area contributed by atoms with Crippen LogP contribution in [0.4, 0.5) is 10.5 Å². The van der Waals surface area contributed by atoms with E-state index in [1.54, 1.807) is 24.8 Å². The predicted molar refractivity (Wildman–Crippen MR) is 140 cm³/mol. The van der Waals surface area contributed by atoms with Gasteiger partial charge in [-0.1, -0.05) is 24.6 Å². The third-order valence-corrected chi connectivity index (χ3v) is 6.03. The van der Waals surface area contributed by atoms with Gasteiger partial charge in [0.25, 0.3) is 0 Å². The molecule has 2 heterocycles. The number of aliphatic imine (C=N–C) groups is 1. The van der Waals surface area contributed by atoms with Crippen molar-refractivity contribution in [3.05, 3.63) is 66.0 Å². The average Bonchev–Trinajstić information content (AvgIpc) is 3.30. The molecule has 0 spiro atoms. The minimum absolute atomic E-state index is 0.108. The van der Waals surface area contributed by atoms with Crippen LogP contribution >= 0.6 is 0 Å². The summed E-state index contributed by atoms with van der Waals surface area (Å²) < 4.78 is 6.84. The van der Waals surface area contributed by atoms with Gasteiger partial charge in [-0.3, -0.25) is 14.4 Å². The first kappa shape index (κ1) is 26.4. The van der Waals surface area contributed by atoms with Crippen molar-refractivity contribution >= 4 is 23.5 Å². The molecule has 0 bridgehead atoms. The van der Waals surface area contributed by atoms with Gasteiger partial charge in [0.15, 0.2) is 0 Å². The molecular weight excluding hydrogens is 458 g/mol. The maximum atomic E-state index is 12.6. The molecule has 190 valence electrons. The van der Waals surface area contributed by atoms with Crippen LogP contribution in [0.15, 0.2) is 54.2 Å². The van der Waals surface area contributed by atoms with Gasteiger partial charge < -0.3 is 26.5 Å². The Morgan fingerprint density at radius 3 is 2.86 bits per heavy atom. The van der Waals surface area contributed by atoms with E-state index in [1.165, 1.54) is 6.08 Å². The first-order valence-corrected chi connectivity index (χ1v) is 11.7. The normalized spacial score (nSPS) is 18.1. The quantitative estimate of drug-likeness (QED) is 0.182. The fraction of sp³-hybridized carbons (Fsp3) is 0.346. The van der Waals surface area contributed by atoms with E-state index in [2.05, 4.69) is 38.5 Å². The summed E-state index contributed by atoms with van der Waals surface area (Å²) in [6.45, 7) is 5.32. The van der Waals surface area contributed by atoms with Crippen molar-refractivity contribution in [2.24, 2.45) is 16.6 Å². The van der Waals surface area contributed by atoms with E-state index in [9.17, 15) is 9.59 Å². The molecule has 36 heavy (non-hydrogen) atoms. The van der Waals surface area contributed by atoms with E-state index >= 15 is 0 Å². The van der Waals surface area contributed by atoms with Crippen LogP contribution in [0, 0.1) is 18.3 Å². The van der Waals surface area contributed by atoms with Gasteiger partial charge in [0.05, 0.1) is 11.6 Å². The number of amides is 2. The van der Waals surface area contributed by atoms with Gasteiger partial charge in [0.2, 0.25) is 5.91 Å². The lowest BCUT2D eigenvalue weighted by Gasteiger charge is -2.37. The zero-order chi connectivity index (χ0) is 26.1. The Bertz CT molecular complexity index is 1160. The topological polar surface area (TPSA) is 126 Å². The Hall–Kier alpha value is -4.23. The SMILES string of the molecule is C#Cc1cccc(N=C(N)c2c(CN3CCC(NC(=O)OCC=C)C(C(=O)NC)C3)ccn2NC)c1. The fourth-order valence-electron chi connectivity index (χ4n) is 4.29. The molecule has 2 atom stereocenters. The lowest BCUT2D eigenvalue weighted by atomic mass is 9.91. The van der Waals surface area contributed by atoms with E-state index in [4.69, 9.17) is 16.9 Å². The highest BCUT2D eigenvalue weighted by Gasteiger charge is 2.35. The molecule has 1 aliphatic heterocycles. The molecule has 0 radical (unpaired) electrons. The Balaban J connectivity index is 1.79. The molecule has 1 saturated heterocycles. The highest BCUT2D eigenvalue weighted by Crippen LogP contribution is 2.23. The highest BCUT2D eigenvalue weighted by molar-refractivity contribution is 5.99. The molecule has 5 N–H and O–H groups in total. The van der Waals surface area contributed by atoms with Crippen molar-refractivity contribution in [2.75, 3.05) is 39.2 Å². The number of alkyl carbamates (subject to hydrolysis) is 1. The monoisotopic (exact) mass is 491 g/mol. The molecule has 10 heteroatoms. The number of carbonyl (C=O) groups excluding carboxylic acids is 2. The third-order valence-electron chi connectivity index (χ3n) is 6.03. The summed E-state index contributed by atoms with van der Waals surface area (Å²) in [5.74, 6) is 2.36. The van der Waals surface area contributed by atoms with Crippen molar-refractivity contribution in [3.63, 3.8) is 0 Å². The number of ether oxygens (including phenoxy) is 1. The Labute approximate surface area is 211 Å². The smallest absolute Gasteiger partial charge is 0.407 e. The zero-order valence-corrected chi connectivity index (χ0v) is 20.7. The Morgan fingerprint density at radius 2 is 2.17 bits per heavy atom. The molecule has 1 aromatic carbocycles. The summed E-state index contributed by atoms with van der Waals surface area (Å²) in [7, 11) is 3.38. The minimum Gasteiger partial charge on any atom is -0.445 e. The Kier molecular flexibility index (Phi) is 9.13. The van der Waals surface area contributed by atoms with E-state index in [0.29, 0.717) is 37.6 Å². The largest absolute Gasteiger partial charge is 0.445 e. The molecule has 0 aliphatic carbocycles. The number of benzene rings is 1. The molecular formula is C26H33N7O3. The first-order valence-electron chi connectivity index (χ1n) is 11.7. The number of piperidine rings is 1. The van der Waals surface area contributed by atoms with Gasteiger partial charge in [-0.2, -0.15) is 0 Å². The van der Waals surface area contributed by atoms with Gasteiger partial charge in [-0.25, -0.2) is 9.79 Å². The van der Waals surface area contributed by atoms with Crippen molar-refractivity contribution in [1.29, 1.82) is 0 Å². The maximum Gasteiger partial charge on any atom is 0.407 e. The maximum absolute atomic E-state index is 12.6. The highest BCUT2D eigenvalue weighted by atomic mass is 16.5. The van der Waals surface area contributed by atoms with Crippen molar-refractivity contribution in [2.45, 2.75) is 19.0 Å². The summed E-state index contributed by atoms with van der Waals surface area (Å²) in [4.78, 5) is 31.5. The minimum atomic E-state index is -0.562. The lowest BCUT2D eigenvalue weighted by molar-refractivity contribution is -0.127. The lowest BCUT2D eigenvalue weighted by Crippen LogP contribution is -2.55. The van der Waals surface area contributed by atoms with Gasteiger partial charge in [-0.15, -0.1) is 6.42 Å². The third kappa shape index (κ3) is 6.46. The van der Waals surface area contributed by atoms with E-state index < -0.39 is 12.0 Å². The van der Waals surface area contributed by atoms with Gasteiger partial charge in [-0.05, 0) is 36.2 Å². The average molecular weight is 492 g/mol. The summed E-state index contributed by atoms with van der Waals surface area (Å²) in [6.07, 6.45) is 8.91. The molecule has 2 aromatic rings. The molecule has 2 unspecified atom stereocenters. The van der Waals surface area contributed by atoms with Crippen LogP contribution in [0.5, 0.6) is 0 Å². The number of nitrogens with two attached hydrogens (primary N) is 1. The summed E-state index contributed by atoms with van der Waals surface area (Å²) in [5, 5.41) is 5.52. The zero-order valence-electron chi connectivity index (χ0n) is 20.7. The number of carbonyl (C=O) groups is 2. The van der Waals surface area contributed by atoms with Crippen LogP contribution in [0.25, 0.3) is 0 Å². The number of aromatic nitrogens is 1. The molecule has 1 fully saturated rings. The Morgan fingerprint density at radius 1 is 1.36 bits per heavy atom. The van der Waals surface area contributed by atoms with Crippen LogP contribution in [0.1, 0.15) is 23.2 Å². The number of nitrogens with zero attached hydrogens (tertiary/aromatic N) is 3. The molecule has 3 rings (SSSR count). The number of nitrogens with one attached hydrogen (secondary N) is 3. The number of rotatable bonds is 9. The summed E-state index contributed by atoms with van der Waals surface area (Å²) >= 11 is 0. The predicted octanol–water partition coefficient (Wildman–Crippen LogP) is 1.53. The van der Waals surface area contributed by atoms with Gasteiger partial charge >= 0.3 is 6.09 Å².